The van der Waals surface area contributed by atoms with Crippen LogP contribution in [0.15, 0.2) is 53.3 Å². The van der Waals surface area contributed by atoms with E-state index in [9.17, 15) is 9.59 Å². The third-order valence-electron chi connectivity index (χ3n) is 5.60. The molecule has 0 aliphatic heterocycles. The van der Waals surface area contributed by atoms with Gasteiger partial charge in [-0.25, -0.2) is 0 Å². The minimum atomic E-state index is -0.214. The second-order valence-corrected chi connectivity index (χ2v) is 8.13. The van der Waals surface area contributed by atoms with Crippen molar-refractivity contribution < 1.29 is 4.79 Å². The molecule has 0 radical (unpaired) electrons. The Kier molecular flexibility index (Phi) is 4.82. The zero-order valence-electron chi connectivity index (χ0n) is 16.9. The fourth-order valence-electron chi connectivity index (χ4n) is 4.06. The van der Waals surface area contributed by atoms with Gasteiger partial charge in [0.1, 0.15) is 6.54 Å². The van der Waals surface area contributed by atoms with Crippen molar-refractivity contribution in [2.24, 2.45) is 0 Å². The molecule has 0 bridgehead atoms. The SMILES string of the molecule is Cc1ccc(Cl)cc1NC(=O)Cn1c2c(c(=O)n3nc(-c4ccccc4)nc13)CCC2. The van der Waals surface area contributed by atoms with Crippen LogP contribution in [-0.2, 0) is 24.2 Å². The van der Waals surface area contributed by atoms with Gasteiger partial charge in [-0.05, 0) is 43.9 Å². The maximum atomic E-state index is 13.0. The Bertz CT molecular complexity index is 1370. The van der Waals surface area contributed by atoms with Crippen LogP contribution in [0.25, 0.3) is 17.2 Å². The molecule has 0 saturated heterocycles. The molecule has 1 aliphatic rings. The second-order valence-electron chi connectivity index (χ2n) is 7.69. The van der Waals surface area contributed by atoms with Gasteiger partial charge in [0.05, 0.1) is 0 Å². The predicted octanol–water partition coefficient (Wildman–Crippen LogP) is 3.65. The standard InChI is InChI=1S/C23H20ClN5O2/c1-14-10-11-16(24)12-18(14)25-20(30)13-28-19-9-5-8-17(19)22(31)29-23(28)26-21(27-29)15-6-3-2-4-7-15/h2-4,6-7,10-12H,5,8-9,13H2,1H3,(H,25,30). The van der Waals surface area contributed by atoms with Gasteiger partial charge in [-0.2, -0.15) is 9.50 Å². The van der Waals surface area contributed by atoms with Gasteiger partial charge in [-0.15, -0.1) is 5.10 Å². The van der Waals surface area contributed by atoms with Gasteiger partial charge in [0.2, 0.25) is 11.7 Å². The number of carbonyl (C=O) groups excluding carboxylic acids is 1. The van der Waals surface area contributed by atoms with E-state index in [2.05, 4.69) is 15.4 Å². The number of halogens is 1. The first kappa shape index (κ1) is 19.5. The Hall–Kier alpha value is -3.45. The smallest absolute Gasteiger partial charge is 0.279 e. The van der Waals surface area contributed by atoms with Gasteiger partial charge in [-0.3, -0.25) is 9.59 Å². The summed E-state index contributed by atoms with van der Waals surface area (Å²) in [4.78, 5) is 30.6. The number of amides is 1. The van der Waals surface area contributed by atoms with Crippen LogP contribution in [0, 0.1) is 6.92 Å². The normalized spacial score (nSPS) is 12.8. The van der Waals surface area contributed by atoms with Gasteiger partial charge in [-0.1, -0.05) is 48.0 Å². The van der Waals surface area contributed by atoms with E-state index in [1.807, 2.05) is 47.9 Å². The molecule has 0 unspecified atom stereocenters. The van der Waals surface area contributed by atoms with Crippen molar-refractivity contribution >= 4 is 29.0 Å². The molecule has 1 aliphatic carbocycles. The Morgan fingerprint density at radius 2 is 1.97 bits per heavy atom. The summed E-state index contributed by atoms with van der Waals surface area (Å²) in [6.45, 7) is 1.94. The summed E-state index contributed by atoms with van der Waals surface area (Å²) in [5.74, 6) is 0.623. The topological polar surface area (TPSA) is 81.3 Å². The Labute approximate surface area is 183 Å². The minimum Gasteiger partial charge on any atom is -0.324 e. The van der Waals surface area contributed by atoms with Gasteiger partial charge in [0, 0.05) is 27.5 Å². The largest absolute Gasteiger partial charge is 0.324 e. The number of rotatable bonds is 4. The van der Waals surface area contributed by atoms with Gasteiger partial charge >= 0.3 is 0 Å². The molecule has 0 saturated carbocycles. The molecule has 31 heavy (non-hydrogen) atoms. The molecule has 7 nitrogen and oxygen atoms in total. The first-order valence-electron chi connectivity index (χ1n) is 10.1. The van der Waals surface area contributed by atoms with Crippen molar-refractivity contribution in [3.8, 4) is 11.4 Å². The predicted molar refractivity (Wildman–Crippen MR) is 120 cm³/mol. The zero-order valence-corrected chi connectivity index (χ0v) is 17.7. The average molecular weight is 434 g/mol. The molecule has 8 heteroatoms. The fraction of sp³-hybridized carbons (Fsp3) is 0.217. The number of anilines is 1. The molecule has 0 spiro atoms. The number of fused-ring (bicyclic) bond motifs is 2. The lowest BCUT2D eigenvalue weighted by molar-refractivity contribution is -0.116. The first-order valence-corrected chi connectivity index (χ1v) is 10.5. The van der Waals surface area contributed by atoms with Crippen molar-refractivity contribution in [3.63, 3.8) is 0 Å². The van der Waals surface area contributed by atoms with E-state index in [1.165, 1.54) is 4.52 Å². The third kappa shape index (κ3) is 3.51. The van der Waals surface area contributed by atoms with E-state index in [4.69, 9.17) is 11.6 Å². The van der Waals surface area contributed by atoms with Crippen LogP contribution in [0.4, 0.5) is 5.69 Å². The summed E-state index contributed by atoms with van der Waals surface area (Å²) in [5.41, 5.74) is 3.82. The Balaban J connectivity index is 1.58. The van der Waals surface area contributed by atoms with Crippen LogP contribution < -0.4 is 10.9 Å². The lowest BCUT2D eigenvalue weighted by atomic mass is 10.2. The molecule has 1 amide bonds. The summed E-state index contributed by atoms with van der Waals surface area (Å²) in [6, 6.07) is 14.9. The molecule has 1 N–H and O–H groups in total. The highest BCUT2D eigenvalue weighted by molar-refractivity contribution is 6.31. The maximum absolute atomic E-state index is 13.0. The van der Waals surface area contributed by atoms with Crippen LogP contribution >= 0.6 is 11.6 Å². The number of carbonyl (C=O) groups is 1. The Morgan fingerprint density at radius 3 is 2.77 bits per heavy atom. The van der Waals surface area contributed by atoms with E-state index < -0.39 is 0 Å². The zero-order chi connectivity index (χ0) is 21.5. The fourth-order valence-corrected chi connectivity index (χ4v) is 4.23. The maximum Gasteiger partial charge on any atom is 0.279 e. The number of hydrogen-bond donors (Lipinski definition) is 1. The lowest BCUT2D eigenvalue weighted by Crippen LogP contribution is -2.28. The van der Waals surface area contributed by atoms with Gasteiger partial charge in [0.25, 0.3) is 5.56 Å². The Morgan fingerprint density at radius 1 is 1.16 bits per heavy atom. The van der Waals surface area contributed by atoms with Crippen LogP contribution in [0.3, 0.4) is 0 Å². The molecule has 4 aromatic rings. The molecule has 5 rings (SSSR count). The van der Waals surface area contributed by atoms with Crippen molar-refractivity contribution in [2.45, 2.75) is 32.7 Å². The van der Waals surface area contributed by atoms with Crippen LogP contribution in [0.2, 0.25) is 5.02 Å². The van der Waals surface area contributed by atoms with Crippen molar-refractivity contribution in [2.75, 3.05) is 5.32 Å². The third-order valence-corrected chi connectivity index (χ3v) is 5.84. The molecule has 156 valence electrons. The van der Waals surface area contributed by atoms with Crippen LogP contribution in [0.1, 0.15) is 23.2 Å². The highest BCUT2D eigenvalue weighted by atomic mass is 35.5. The summed E-state index contributed by atoms with van der Waals surface area (Å²) >= 11 is 6.08. The monoisotopic (exact) mass is 433 g/mol. The quantitative estimate of drug-likeness (QED) is 0.532. The number of aryl methyl sites for hydroxylation is 1. The van der Waals surface area contributed by atoms with Crippen LogP contribution in [0.5, 0.6) is 0 Å². The molecule has 0 atom stereocenters. The average Bonchev–Trinajstić information content (AvgIpc) is 3.42. The van der Waals surface area contributed by atoms with E-state index in [0.29, 0.717) is 34.3 Å². The molecular weight excluding hydrogens is 414 g/mol. The lowest BCUT2D eigenvalue weighted by Gasteiger charge is -2.14. The van der Waals surface area contributed by atoms with Gasteiger partial charge < -0.3 is 9.88 Å². The van der Waals surface area contributed by atoms with Gasteiger partial charge in [0.15, 0.2) is 5.82 Å². The minimum absolute atomic E-state index is 0.0327. The summed E-state index contributed by atoms with van der Waals surface area (Å²) in [5, 5.41) is 7.94. The highest BCUT2D eigenvalue weighted by Crippen LogP contribution is 2.24. The van der Waals surface area contributed by atoms with Crippen molar-refractivity contribution in [3.05, 3.63) is 80.7 Å². The molecular formula is C23H20ClN5O2. The molecule has 2 aromatic carbocycles. The van der Waals surface area contributed by atoms with E-state index in [0.717, 1.165) is 29.7 Å². The summed E-state index contributed by atoms with van der Waals surface area (Å²) < 4.78 is 3.14. The molecule has 2 aromatic heterocycles. The van der Waals surface area contributed by atoms with Crippen molar-refractivity contribution in [1.82, 2.24) is 19.2 Å². The van der Waals surface area contributed by atoms with E-state index in [1.54, 1.807) is 12.1 Å². The molecule has 0 fully saturated rings. The van der Waals surface area contributed by atoms with E-state index in [-0.39, 0.29) is 18.0 Å². The second kappa shape index (κ2) is 7.67. The first-order chi connectivity index (χ1) is 15.0. The summed E-state index contributed by atoms with van der Waals surface area (Å²) in [6.07, 6.45) is 2.29. The number of hydrogen-bond acceptors (Lipinski definition) is 4. The number of nitrogens with zero attached hydrogens (tertiary/aromatic N) is 4. The number of aromatic nitrogens is 4. The van der Waals surface area contributed by atoms with E-state index >= 15 is 0 Å². The highest BCUT2D eigenvalue weighted by Gasteiger charge is 2.25. The summed E-state index contributed by atoms with van der Waals surface area (Å²) in [7, 11) is 0. The van der Waals surface area contributed by atoms with Crippen molar-refractivity contribution in [1.29, 1.82) is 0 Å². The number of nitrogens with one attached hydrogen (secondary N) is 1. The molecule has 2 heterocycles. The van der Waals surface area contributed by atoms with Crippen LogP contribution in [-0.4, -0.2) is 25.1 Å². The number of benzene rings is 2.